The van der Waals surface area contributed by atoms with E-state index in [0.717, 1.165) is 31.7 Å². The number of unbranched alkanes of at least 4 members (excludes halogenated alkanes) is 11. The number of carbonyl (C=O) groups is 1. The Bertz CT molecular complexity index is 332. The summed E-state index contributed by atoms with van der Waals surface area (Å²) in [5, 5.41) is 12.3. The van der Waals surface area contributed by atoms with Crippen LogP contribution in [0.25, 0.3) is 0 Å². The Hall–Kier alpha value is -0.610. The molecule has 4 heteroatoms. The quantitative estimate of drug-likeness (QED) is 0.192. The van der Waals surface area contributed by atoms with Crippen LogP contribution >= 0.6 is 0 Å². The highest BCUT2D eigenvalue weighted by Crippen LogP contribution is 2.14. The first-order chi connectivity index (χ1) is 12.9. The van der Waals surface area contributed by atoms with Crippen LogP contribution in [0.1, 0.15) is 110 Å². The van der Waals surface area contributed by atoms with Crippen molar-refractivity contribution < 1.29 is 4.79 Å². The third-order valence-electron chi connectivity index (χ3n) is 5.17. The predicted molar refractivity (Wildman–Crippen MR) is 118 cm³/mol. The lowest BCUT2D eigenvalue weighted by atomic mass is 10.0. The van der Waals surface area contributed by atoms with Crippen molar-refractivity contribution in [1.82, 2.24) is 9.96 Å². The minimum Gasteiger partial charge on any atom is -0.756 e. The van der Waals surface area contributed by atoms with E-state index in [4.69, 9.17) is 0 Å². The summed E-state index contributed by atoms with van der Waals surface area (Å²) in [4.78, 5) is 13.8. The molecule has 0 rings (SSSR count). The maximum absolute atomic E-state index is 11.8. The minimum atomic E-state index is -0.234. The number of hydrogen-bond acceptors (Lipinski definition) is 3. The summed E-state index contributed by atoms with van der Waals surface area (Å²) < 4.78 is 0. The second-order valence-electron chi connectivity index (χ2n) is 8.83. The van der Waals surface area contributed by atoms with Crippen molar-refractivity contribution in [2.75, 3.05) is 27.2 Å². The highest BCUT2D eigenvalue weighted by molar-refractivity contribution is 5.76. The standard InChI is InChI=1S/C23H47N2O2/c1-22(2)18-15-13-11-9-7-5-6-8-10-12-14-16-19-23(26)25(27)21-17-20-24(3)4/h22H,5-21H2,1-4H3/q-1. The lowest BCUT2D eigenvalue weighted by molar-refractivity contribution is -0.128. The molecule has 27 heavy (non-hydrogen) atoms. The Kier molecular flexibility index (Phi) is 18.3. The molecular weight excluding hydrogens is 336 g/mol. The van der Waals surface area contributed by atoms with E-state index >= 15 is 0 Å². The van der Waals surface area contributed by atoms with Crippen LogP contribution in [0.4, 0.5) is 0 Å². The molecule has 0 saturated heterocycles. The summed E-state index contributed by atoms with van der Waals surface area (Å²) >= 11 is 0. The smallest absolute Gasteiger partial charge is 0.212 e. The van der Waals surface area contributed by atoms with Gasteiger partial charge in [0.15, 0.2) is 0 Å². The molecule has 1 amide bonds. The van der Waals surface area contributed by atoms with Crippen molar-refractivity contribution in [2.24, 2.45) is 5.92 Å². The summed E-state index contributed by atoms with van der Waals surface area (Å²) in [6.45, 7) is 5.80. The normalized spacial score (nSPS) is 11.5. The van der Waals surface area contributed by atoms with Crippen LogP contribution < -0.4 is 0 Å². The number of carbonyl (C=O) groups excluding carboxylic acids is 1. The summed E-state index contributed by atoms with van der Waals surface area (Å²) in [6.07, 6.45) is 18.0. The third-order valence-corrected chi connectivity index (χ3v) is 5.17. The van der Waals surface area contributed by atoms with Gasteiger partial charge < -0.3 is 15.2 Å². The molecule has 0 aliphatic heterocycles. The van der Waals surface area contributed by atoms with Crippen LogP contribution in [0, 0.1) is 11.1 Å². The fourth-order valence-electron chi connectivity index (χ4n) is 3.38. The Morgan fingerprint density at radius 2 is 1.15 bits per heavy atom. The first-order valence-corrected chi connectivity index (χ1v) is 11.6. The molecule has 0 aliphatic rings. The lowest BCUT2D eigenvalue weighted by Crippen LogP contribution is -2.28. The van der Waals surface area contributed by atoms with E-state index in [0.29, 0.717) is 18.0 Å². The fraction of sp³-hybridized carbons (Fsp3) is 0.957. The van der Waals surface area contributed by atoms with Crippen molar-refractivity contribution in [2.45, 2.75) is 110 Å². The van der Waals surface area contributed by atoms with E-state index in [9.17, 15) is 10.0 Å². The van der Waals surface area contributed by atoms with Gasteiger partial charge in [0, 0.05) is 13.0 Å². The second kappa shape index (κ2) is 18.7. The molecule has 162 valence electrons. The van der Waals surface area contributed by atoms with Crippen LogP contribution in [0.5, 0.6) is 0 Å². The van der Waals surface area contributed by atoms with E-state index in [1.54, 1.807) is 0 Å². The van der Waals surface area contributed by atoms with Crippen LogP contribution in [0.3, 0.4) is 0 Å². The molecule has 0 N–H and O–H groups in total. The SMILES string of the molecule is CC(C)CCCCCCCCCCCCCCC(=O)N([O-])CCCN(C)C. The molecular formula is C23H47N2O2-. The second-order valence-corrected chi connectivity index (χ2v) is 8.83. The van der Waals surface area contributed by atoms with E-state index < -0.39 is 0 Å². The van der Waals surface area contributed by atoms with Gasteiger partial charge in [0.25, 0.3) is 0 Å². The molecule has 0 spiro atoms. The van der Waals surface area contributed by atoms with Gasteiger partial charge in [-0.2, -0.15) is 0 Å². The van der Waals surface area contributed by atoms with Gasteiger partial charge in [0.2, 0.25) is 5.91 Å². The number of amides is 1. The lowest BCUT2D eigenvalue weighted by Gasteiger charge is -2.28. The molecule has 0 saturated carbocycles. The topological polar surface area (TPSA) is 46.6 Å². The van der Waals surface area contributed by atoms with Crippen LogP contribution in [0.2, 0.25) is 0 Å². The highest BCUT2D eigenvalue weighted by Gasteiger charge is 2.04. The molecule has 0 aromatic heterocycles. The van der Waals surface area contributed by atoms with Crippen molar-refractivity contribution in [3.05, 3.63) is 5.21 Å². The van der Waals surface area contributed by atoms with Gasteiger partial charge in [0.1, 0.15) is 0 Å². The Morgan fingerprint density at radius 1 is 0.704 bits per heavy atom. The van der Waals surface area contributed by atoms with Crippen molar-refractivity contribution >= 4 is 5.91 Å². The summed E-state index contributed by atoms with van der Waals surface area (Å²) in [6, 6.07) is 0. The van der Waals surface area contributed by atoms with Gasteiger partial charge in [0.05, 0.1) is 0 Å². The van der Waals surface area contributed by atoms with Crippen LogP contribution in [0.15, 0.2) is 0 Å². The van der Waals surface area contributed by atoms with Gasteiger partial charge in [-0.15, -0.1) is 0 Å². The van der Waals surface area contributed by atoms with E-state index in [1.807, 2.05) is 19.0 Å². The Morgan fingerprint density at radius 3 is 1.59 bits per heavy atom. The molecule has 0 unspecified atom stereocenters. The molecule has 0 heterocycles. The molecule has 0 aliphatic carbocycles. The number of hydroxylamine groups is 2. The Balaban J connectivity index is 3.27. The highest BCUT2D eigenvalue weighted by atomic mass is 16.5. The molecule has 0 bridgehead atoms. The summed E-state index contributed by atoms with van der Waals surface area (Å²) in [5.74, 6) is 0.623. The zero-order valence-electron chi connectivity index (χ0n) is 18.8. The van der Waals surface area contributed by atoms with Crippen molar-refractivity contribution in [1.29, 1.82) is 0 Å². The summed E-state index contributed by atoms with van der Waals surface area (Å²) in [7, 11) is 3.96. The van der Waals surface area contributed by atoms with Crippen molar-refractivity contribution in [3.8, 4) is 0 Å². The molecule has 0 aromatic rings. The van der Waals surface area contributed by atoms with E-state index in [2.05, 4.69) is 13.8 Å². The third kappa shape index (κ3) is 19.9. The van der Waals surface area contributed by atoms with Crippen LogP contribution in [-0.2, 0) is 4.79 Å². The molecule has 0 radical (unpaired) electrons. The molecule has 4 nitrogen and oxygen atoms in total. The van der Waals surface area contributed by atoms with E-state index in [1.165, 1.54) is 70.6 Å². The molecule has 0 atom stereocenters. The summed E-state index contributed by atoms with van der Waals surface area (Å²) in [5.41, 5.74) is 0. The number of rotatable bonds is 19. The first-order valence-electron chi connectivity index (χ1n) is 11.6. The average Bonchev–Trinajstić information content (AvgIpc) is 2.61. The molecule has 0 fully saturated rings. The monoisotopic (exact) mass is 383 g/mol. The maximum Gasteiger partial charge on any atom is 0.212 e. The first kappa shape index (κ1) is 26.4. The van der Waals surface area contributed by atoms with Gasteiger partial charge >= 0.3 is 0 Å². The number of hydrogen-bond donors (Lipinski definition) is 0. The van der Waals surface area contributed by atoms with Gasteiger partial charge in [-0.05, 0) is 39.4 Å². The zero-order chi connectivity index (χ0) is 20.3. The zero-order valence-corrected chi connectivity index (χ0v) is 18.8. The number of nitrogens with zero attached hydrogens (tertiary/aromatic N) is 2. The largest absolute Gasteiger partial charge is 0.756 e. The fourth-order valence-corrected chi connectivity index (χ4v) is 3.38. The maximum atomic E-state index is 11.8. The average molecular weight is 384 g/mol. The van der Waals surface area contributed by atoms with E-state index in [-0.39, 0.29) is 5.91 Å². The Labute approximate surface area is 169 Å². The van der Waals surface area contributed by atoms with Gasteiger partial charge in [-0.3, -0.25) is 4.79 Å². The van der Waals surface area contributed by atoms with Crippen molar-refractivity contribution in [3.63, 3.8) is 0 Å². The predicted octanol–water partition coefficient (Wildman–Crippen LogP) is 6.38. The van der Waals surface area contributed by atoms with Gasteiger partial charge in [-0.1, -0.05) is 90.9 Å². The minimum absolute atomic E-state index is 0.234. The molecule has 0 aromatic carbocycles. The van der Waals surface area contributed by atoms with Crippen LogP contribution in [-0.4, -0.2) is 43.1 Å². The van der Waals surface area contributed by atoms with Gasteiger partial charge in [-0.25, -0.2) is 0 Å².